The zero-order valence-corrected chi connectivity index (χ0v) is 14.7. The standard InChI is InChI=1S/C18H16F2N6O/c1-11-5-12(2)7-13(6-11)26-16-14(8-23-26)17(27)24(10-22-16)9-15-21-3-4-25(15)18(19)20/h3-8,10,18H,9H2,1-2H3. The van der Waals surface area contributed by atoms with Crippen molar-refractivity contribution >= 4 is 11.0 Å². The molecule has 3 aromatic heterocycles. The molecule has 0 saturated heterocycles. The van der Waals surface area contributed by atoms with E-state index in [0.717, 1.165) is 21.4 Å². The predicted octanol–water partition coefficient (Wildman–Crippen LogP) is 2.84. The van der Waals surface area contributed by atoms with Crippen LogP contribution in [0, 0.1) is 13.8 Å². The molecule has 0 spiro atoms. The fourth-order valence-electron chi connectivity index (χ4n) is 3.12. The van der Waals surface area contributed by atoms with Gasteiger partial charge in [-0.05, 0) is 37.1 Å². The van der Waals surface area contributed by atoms with Crippen LogP contribution in [0.3, 0.4) is 0 Å². The Kier molecular flexibility index (Phi) is 4.06. The third kappa shape index (κ3) is 3.01. The number of aromatic nitrogens is 6. The van der Waals surface area contributed by atoms with Crippen LogP contribution in [-0.2, 0) is 6.54 Å². The van der Waals surface area contributed by atoms with Gasteiger partial charge in [-0.25, -0.2) is 14.6 Å². The van der Waals surface area contributed by atoms with Crippen molar-refractivity contribution in [1.29, 1.82) is 0 Å². The van der Waals surface area contributed by atoms with E-state index in [4.69, 9.17) is 0 Å². The molecule has 0 amide bonds. The lowest BCUT2D eigenvalue weighted by Crippen LogP contribution is -2.23. The molecule has 138 valence electrons. The van der Waals surface area contributed by atoms with Gasteiger partial charge in [0.25, 0.3) is 5.56 Å². The molecule has 1 aromatic carbocycles. The van der Waals surface area contributed by atoms with E-state index >= 15 is 0 Å². The van der Waals surface area contributed by atoms with Gasteiger partial charge < -0.3 is 0 Å². The SMILES string of the molecule is Cc1cc(C)cc(-n2ncc3c(=O)n(Cc4nccn4C(F)F)cnc32)c1. The van der Waals surface area contributed by atoms with Crippen LogP contribution in [0.1, 0.15) is 23.5 Å². The average Bonchev–Trinajstić information content (AvgIpc) is 3.23. The molecule has 0 N–H and O–H groups in total. The first-order valence-electron chi connectivity index (χ1n) is 8.26. The van der Waals surface area contributed by atoms with Crippen LogP contribution in [0.2, 0.25) is 0 Å². The minimum atomic E-state index is -2.72. The molecule has 27 heavy (non-hydrogen) atoms. The van der Waals surface area contributed by atoms with Gasteiger partial charge in [0.15, 0.2) is 5.65 Å². The van der Waals surface area contributed by atoms with E-state index in [2.05, 4.69) is 15.1 Å². The molecule has 4 rings (SSSR count). The molecule has 7 nitrogen and oxygen atoms in total. The van der Waals surface area contributed by atoms with E-state index in [1.165, 1.54) is 29.5 Å². The van der Waals surface area contributed by atoms with Crippen LogP contribution in [0.5, 0.6) is 0 Å². The molecule has 9 heteroatoms. The second kappa shape index (κ2) is 6.42. The quantitative estimate of drug-likeness (QED) is 0.554. The Morgan fingerprint density at radius 1 is 1.11 bits per heavy atom. The normalized spacial score (nSPS) is 11.6. The summed E-state index contributed by atoms with van der Waals surface area (Å²) in [7, 11) is 0. The van der Waals surface area contributed by atoms with Crippen LogP contribution in [0.15, 0.2) is 47.9 Å². The summed E-state index contributed by atoms with van der Waals surface area (Å²) in [5, 5.41) is 4.60. The van der Waals surface area contributed by atoms with E-state index in [1.807, 2.05) is 32.0 Å². The number of rotatable bonds is 4. The molecule has 0 atom stereocenters. The van der Waals surface area contributed by atoms with Gasteiger partial charge in [0.2, 0.25) is 0 Å². The lowest BCUT2D eigenvalue weighted by Gasteiger charge is -2.09. The minimum Gasteiger partial charge on any atom is -0.291 e. The zero-order chi connectivity index (χ0) is 19.1. The molecule has 0 unspecified atom stereocenters. The van der Waals surface area contributed by atoms with E-state index in [0.29, 0.717) is 11.0 Å². The maximum Gasteiger partial charge on any atom is 0.319 e. The fraction of sp³-hybridized carbons (Fsp3) is 0.222. The highest BCUT2D eigenvalue weighted by molar-refractivity contribution is 5.75. The summed E-state index contributed by atoms with van der Waals surface area (Å²) in [5.41, 5.74) is 3.00. The van der Waals surface area contributed by atoms with Gasteiger partial charge >= 0.3 is 6.55 Å². The number of halogens is 2. The maximum atomic E-state index is 13.0. The predicted molar refractivity (Wildman–Crippen MR) is 95.2 cm³/mol. The Morgan fingerprint density at radius 3 is 2.56 bits per heavy atom. The lowest BCUT2D eigenvalue weighted by molar-refractivity contribution is 0.0666. The van der Waals surface area contributed by atoms with E-state index in [-0.39, 0.29) is 17.9 Å². The van der Waals surface area contributed by atoms with Gasteiger partial charge in [0.1, 0.15) is 17.5 Å². The van der Waals surface area contributed by atoms with E-state index in [1.54, 1.807) is 4.68 Å². The maximum absolute atomic E-state index is 13.0. The highest BCUT2D eigenvalue weighted by Gasteiger charge is 2.15. The van der Waals surface area contributed by atoms with Crippen LogP contribution in [-0.4, -0.2) is 28.9 Å². The van der Waals surface area contributed by atoms with Gasteiger partial charge in [-0.3, -0.25) is 13.9 Å². The monoisotopic (exact) mass is 370 g/mol. The first-order chi connectivity index (χ1) is 12.9. The van der Waals surface area contributed by atoms with Crippen LogP contribution < -0.4 is 5.56 Å². The summed E-state index contributed by atoms with van der Waals surface area (Å²) in [6.45, 7) is 1.14. The number of benzene rings is 1. The Bertz CT molecular complexity index is 1170. The molecule has 4 aromatic rings. The van der Waals surface area contributed by atoms with Crippen molar-refractivity contribution in [3.05, 3.63) is 70.4 Å². The first kappa shape index (κ1) is 17.1. The van der Waals surface area contributed by atoms with Crippen molar-refractivity contribution in [2.75, 3.05) is 0 Å². The molecule has 0 aliphatic heterocycles. The Morgan fingerprint density at radius 2 is 1.85 bits per heavy atom. The van der Waals surface area contributed by atoms with Crippen molar-refractivity contribution in [2.45, 2.75) is 26.9 Å². The second-order valence-corrected chi connectivity index (χ2v) is 6.35. The van der Waals surface area contributed by atoms with Gasteiger partial charge in [-0.1, -0.05) is 6.07 Å². The van der Waals surface area contributed by atoms with Crippen LogP contribution >= 0.6 is 0 Å². The molecule has 0 aliphatic rings. The molecule has 3 heterocycles. The van der Waals surface area contributed by atoms with Gasteiger partial charge in [-0.2, -0.15) is 13.9 Å². The number of nitrogens with zero attached hydrogens (tertiary/aromatic N) is 6. The molecular formula is C18H16F2N6O. The Labute approximate surface area is 152 Å². The summed E-state index contributed by atoms with van der Waals surface area (Å²) in [4.78, 5) is 21.0. The highest BCUT2D eigenvalue weighted by atomic mass is 19.3. The fourth-order valence-corrected chi connectivity index (χ4v) is 3.12. The topological polar surface area (TPSA) is 70.5 Å². The molecular weight excluding hydrogens is 354 g/mol. The van der Waals surface area contributed by atoms with Gasteiger partial charge in [-0.15, -0.1) is 0 Å². The smallest absolute Gasteiger partial charge is 0.291 e. The number of hydrogen-bond donors (Lipinski definition) is 0. The van der Waals surface area contributed by atoms with Crippen LogP contribution in [0.25, 0.3) is 16.7 Å². The minimum absolute atomic E-state index is 0.0787. The molecule has 0 bridgehead atoms. The number of aryl methyl sites for hydroxylation is 2. The highest BCUT2D eigenvalue weighted by Crippen LogP contribution is 2.17. The number of fused-ring (bicyclic) bond motifs is 1. The molecule has 0 fully saturated rings. The second-order valence-electron chi connectivity index (χ2n) is 6.35. The summed E-state index contributed by atoms with van der Waals surface area (Å²) < 4.78 is 29.5. The molecule has 0 saturated carbocycles. The van der Waals surface area contributed by atoms with E-state index in [9.17, 15) is 13.6 Å². The van der Waals surface area contributed by atoms with Crippen molar-refractivity contribution in [2.24, 2.45) is 0 Å². The molecule has 0 aliphatic carbocycles. The molecule has 0 radical (unpaired) electrons. The number of hydrogen-bond acceptors (Lipinski definition) is 4. The number of alkyl halides is 2. The zero-order valence-electron chi connectivity index (χ0n) is 14.7. The van der Waals surface area contributed by atoms with Crippen LogP contribution in [0.4, 0.5) is 8.78 Å². The summed E-state index contributed by atoms with van der Waals surface area (Å²) in [5.74, 6) is 0.0787. The Hall–Kier alpha value is -3.36. The van der Waals surface area contributed by atoms with E-state index < -0.39 is 6.55 Å². The third-order valence-corrected chi connectivity index (χ3v) is 4.28. The van der Waals surface area contributed by atoms with Crippen molar-refractivity contribution < 1.29 is 8.78 Å². The Balaban J connectivity index is 1.78. The van der Waals surface area contributed by atoms with Gasteiger partial charge in [0.05, 0.1) is 18.4 Å². The van der Waals surface area contributed by atoms with Gasteiger partial charge in [0, 0.05) is 12.4 Å². The first-order valence-corrected chi connectivity index (χ1v) is 8.26. The lowest BCUT2D eigenvalue weighted by atomic mass is 10.1. The third-order valence-electron chi connectivity index (χ3n) is 4.28. The van der Waals surface area contributed by atoms with Crippen molar-refractivity contribution in [3.8, 4) is 5.69 Å². The largest absolute Gasteiger partial charge is 0.319 e. The van der Waals surface area contributed by atoms with Crippen molar-refractivity contribution in [1.82, 2.24) is 28.9 Å². The summed E-state index contributed by atoms with van der Waals surface area (Å²) >= 11 is 0. The summed E-state index contributed by atoms with van der Waals surface area (Å²) in [6.07, 6.45) is 5.22. The average molecular weight is 370 g/mol. The summed E-state index contributed by atoms with van der Waals surface area (Å²) in [6, 6.07) is 5.94. The number of imidazole rings is 1. The van der Waals surface area contributed by atoms with Crippen molar-refractivity contribution in [3.63, 3.8) is 0 Å².